The summed E-state index contributed by atoms with van der Waals surface area (Å²) in [6.45, 7) is 1.80. The Labute approximate surface area is 142 Å². The Hall–Kier alpha value is -3.48. The van der Waals surface area contributed by atoms with E-state index in [1.807, 2.05) is 18.2 Å². The standard InChI is InChI=1S/C18H15N5O2/c1-11-21-16-17(24)14-8-13(25-2)5-6-15(14)22-18(16)23(11)20-10-12-4-3-7-19-9-12/h3-10H,1-2H3,(H,22,24). The third-order valence-corrected chi connectivity index (χ3v) is 3.96. The molecule has 0 atom stereocenters. The molecule has 1 aromatic carbocycles. The lowest BCUT2D eigenvalue weighted by Crippen LogP contribution is -2.05. The average molecular weight is 333 g/mol. The van der Waals surface area contributed by atoms with E-state index in [-0.39, 0.29) is 5.43 Å². The summed E-state index contributed by atoms with van der Waals surface area (Å²) in [6, 6.07) is 9.06. The van der Waals surface area contributed by atoms with E-state index in [1.165, 1.54) is 0 Å². The fourth-order valence-corrected chi connectivity index (χ4v) is 2.72. The van der Waals surface area contributed by atoms with E-state index < -0.39 is 0 Å². The number of nitrogens with one attached hydrogen (secondary N) is 1. The van der Waals surface area contributed by atoms with Crippen LogP contribution in [0.2, 0.25) is 0 Å². The van der Waals surface area contributed by atoms with Crippen molar-refractivity contribution < 1.29 is 4.74 Å². The van der Waals surface area contributed by atoms with Crippen molar-refractivity contribution >= 4 is 28.3 Å². The monoisotopic (exact) mass is 333 g/mol. The first-order valence-electron chi connectivity index (χ1n) is 7.71. The van der Waals surface area contributed by atoms with E-state index in [2.05, 4.69) is 20.1 Å². The number of imidazole rings is 1. The molecule has 124 valence electrons. The molecule has 7 heteroatoms. The summed E-state index contributed by atoms with van der Waals surface area (Å²) in [7, 11) is 1.57. The van der Waals surface area contributed by atoms with Crippen LogP contribution < -0.4 is 10.2 Å². The van der Waals surface area contributed by atoms with E-state index in [1.54, 1.807) is 49.5 Å². The minimum Gasteiger partial charge on any atom is -0.497 e. The molecule has 0 saturated heterocycles. The van der Waals surface area contributed by atoms with E-state index in [4.69, 9.17) is 4.74 Å². The third-order valence-electron chi connectivity index (χ3n) is 3.96. The molecular weight excluding hydrogens is 318 g/mol. The van der Waals surface area contributed by atoms with Crippen LogP contribution in [0, 0.1) is 6.92 Å². The maximum atomic E-state index is 12.8. The molecular formula is C18H15N5O2. The number of hydrogen-bond acceptors (Lipinski definition) is 5. The summed E-state index contributed by atoms with van der Waals surface area (Å²) in [5.41, 5.74) is 2.32. The van der Waals surface area contributed by atoms with Crippen molar-refractivity contribution in [2.24, 2.45) is 5.10 Å². The van der Waals surface area contributed by atoms with Crippen molar-refractivity contribution in [2.45, 2.75) is 6.92 Å². The number of pyridine rings is 2. The summed E-state index contributed by atoms with van der Waals surface area (Å²) in [5, 5.41) is 4.98. The van der Waals surface area contributed by atoms with Gasteiger partial charge >= 0.3 is 0 Å². The number of aromatic amines is 1. The SMILES string of the molecule is COc1ccc2[nH]c3c(nc(C)n3N=Cc3cccnc3)c(=O)c2c1. The second kappa shape index (κ2) is 5.86. The lowest BCUT2D eigenvalue weighted by Gasteiger charge is -2.03. The molecule has 4 aromatic rings. The van der Waals surface area contributed by atoms with Crippen LogP contribution in [-0.2, 0) is 0 Å². The molecule has 0 bridgehead atoms. The number of rotatable bonds is 3. The Bertz CT molecular complexity index is 1160. The van der Waals surface area contributed by atoms with Gasteiger partial charge in [-0.3, -0.25) is 9.78 Å². The fraction of sp³-hybridized carbons (Fsp3) is 0.111. The highest BCUT2D eigenvalue weighted by Crippen LogP contribution is 2.20. The molecule has 0 spiro atoms. The molecule has 0 amide bonds. The number of hydrogen-bond donors (Lipinski definition) is 1. The van der Waals surface area contributed by atoms with Gasteiger partial charge in [-0.2, -0.15) is 5.10 Å². The number of fused-ring (bicyclic) bond motifs is 2. The molecule has 3 aromatic heterocycles. The second-order valence-corrected chi connectivity index (χ2v) is 5.56. The summed E-state index contributed by atoms with van der Waals surface area (Å²) in [4.78, 5) is 24.5. The summed E-state index contributed by atoms with van der Waals surface area (Å²) < 4.78 is 6.82. The summed E-state index contributed by atoms with van der Waals surface area (Å²) >= 11 is 0. The average Bonchev–Trinajstić information content (AvgIpc) is 2.96. The highest BCUT2D eigenvalue weighted by Gasteiger charge is 2.14. The molecule has 3 heterocycles. The predicted octanol–water partition coefficient (Wildman–Crippen LogP) is 2.47. The van der Waals surface area contributed by atoms with Crippen LogP contribution in [0.15, 0.2) is 52.6 Å². The third kappa shape index (κ3) is 2.55. The zero-order chi connectivity index (χ0) is 17.4. The van der Waals surface area contributed by atoms with E-state index in [0.717, 1.165) is 5.56 Å². The molecule has 0 aliphatic carbocycles. The van der Waals surface area contributed by atoms with Crippen LogP contribution in [0.25, 0.3) is 22.1 Å². The van der Waals surface area contributed by atoms with Gasteiger partial charge < -0.3 is 9.72 Å². The van der Waals surface area contributed by atoms with Gasteiger partial charge in [0.15, 0.2) is 11.2 Å². The van der Waals surface area contributed by atoms with Crippen LogP contribution in [0.4, 0.5) is 0 Å². The molecule has 25 heavy (non-hydrogen) atoms. The molecule has 0 aliphatic heterocycles. The maximum absolute atomic E-state index is 12.8. The van der Waals surface area contributed by atoms with Crippen molar-refractivity contribution in [3.63, 3.8) is 0 Å². The first-order chi connectivity index (χ1) is 12.2. The van der Waals surface area contributed by atoms with Crippen LogP contribution >= 0.6 is 0 Å². The van der Waals surface area contributed by atoms with E-state index in [0.29, 0.717) is 33.6 Å². The van der Waals surface area contributed by atoms with Gasteiger partial charge in [0.25, 0.3) is 0 Å². The Morgan fingerprint density at radius 2 is 2.20 bits per heavy atom. The molecule has 0 unspecified atom stereocenters. The van der Waals surface area contributed by atoms with Crippen molar-refractivity contribution in [1.29, 1.82) is 0 Å². The van der Waals surface area contributed by atoms with Crippen LogP contribution in [0.3, 0.4) is 0 Å². The van der Waals surface area contributed by atoms with Gasteiger partial charge in [-0.25, -0.2) is 9.66 Å². The quantitative estimate of drug-likeness (QED) is 0.584. The highest BCUT2D eigenvalue weighted by atomic mass is 16.5. The minimum absolute atomic E-state index is 0.152. The zero-order valence-corrected chi connectivity index (χ0v) is 13.7. The number of ether oxygens (including phenoxy) is 1. The van der Waals surface area contributed by atoms with Gasteiger partial charge in [0.05, 0.1) is 24.2 Å². The fourth-order valence-electron chi connectivity index (χ4n) is 2.72. The lowest BCUT2D eigenvalue weighted by atomic mass is 10.2. The molecule has 4 rings (SSSR count). The molecule has 0 radical (unpaired) electrons. The number of H-pyrrole nitrogens is 1. The molecule has 1 N–H and O–H groups in total. The normalized spacial score (nSPS) is 11.6. The van der Waals surface area contributed by atoms with Gasteiger partial charge in [-0.1, -0.05) is 6.07 Å². The first-order valence-corrected chi connectivity index (χ1v) is 7.71. The molecule has 7 nitrogen and oxygen atoms in total. The van der Waals surface area contributed by atoms with Crippen molar-refractivity contribution in [1.82, 2.24) is 19.6 Å². The number of nitrogens with zero attached hydrogens (tertiary/aromatic N) is 4. The van der Waals surface area contributed by atoms with Gasteiger partial charge in [0.1, 0.15) is 11.6 Å². The number of aromatic nitrogens is 4. The second-order valence-electron chi connectivity index (χ2n) is 5.56. The Balaban J connectivity index is 1.93. The summed E-state index contributed by atoms with van der Waals surface area (Å²) in [6.07, 6.45) is 5.09. The smallest absolute Gasteiger partial charge is 0.217 e. The van der Waals surface area contributed by atoms with E-state index in [9.17, 15) is 4.79 Å². The van der Waals surface area contributed by atoms with E-state index >= 15 is 0 Å². The van der Waals surface area contributed by atoms with Crippen LogP contribution in [0.5, 0.6) is 5.75 Å². The van der Waals surface area contributed by atoms with Gasteiger partial charge in [-0.05, 0) is 31.2 Å². The summed E-state index contributed by atoms with van der Waals surface area (Å²) in [5.74, 6) is 1.24. The highest BCUT2D eigenvalue weighted by molar-refractivity contribution is 5.90. The Morgan fingerprint density at radius 3 is 2.96 bits per heavy atom. The molecule has 0 fully saturated rings. The number of aryl methyl sites for hydroxylation is 1. The lowest BCUT2D eigenvalue weighted by molar-refractivity contribution is 0.415. The maximum Gasteiger partial charge on any atom is 0.217 e. The van der Waals surface area contributed by atoms with Crippen molar-refractivity contribution in [2.75, 3.05) is 7.11 Å². The Morgan fingerprint density at radius 1 is 1.32 bits per heavy atom. The van der Waals surface area contributed by atoms with Crippen LogP contribution in [-0.4, -0.2) is 33.0 Å². The first kappa shape index (κ1) is 15.1. The van der Waals surface area contributed by atoms with Gasteiger partial charge in [-0.15, -0.1) is 0 Å². The van der Waals surface area contributed by atoms with Crippen LogP contribution in [0.1, 0.15) is 11.4 Å². The largest absolute Gasteiger partial charge is 0.497 e. The molecule has 0 aliphatic rings. The van der Waals surface area contributed by atoms with Gasteiger partial charge in [0, 0.05) is 18.0 Å². The minimum atomic E-state index is -0.152. The number of benzene rings is 1. The zero-order valence-electron chi connectivity index (χ0n) is 13.7. The number of methoxy groups -OCH3 is 1. The van der Waals surface area contributed by atoms with Crippen molar-refractivity contribution in [3.05, 3.63) is 64.3 Å². The topological polar surface area (TPSA) is 85.2 Å². The molecule has 0 saturated carbocycles. The Kier molecular flexibility index (Phi) is 3.53. The van der Waals surface area contributed by atoms with Crippen molar-refractivity contribution in [3.8, 4) is 5.75 Å². The predicted molar refractivity (Wildman–Crippen MR) is 96.4 cm³/mol. The van der Waals surface area contributed by atoms with Gasteiger partial charge in [0.2, 0.25) is 5.43 Å².